The Morgan fingerprint density at radius 3 is 2.26 bits per heavy atom. The van der Waals surface area contributed by atoms with Crippen molar-refractivity contribution in [3.8, 4) is 0 Å². The van der Waals surface area contributed by atoms with Gasteiger partial charge in [0.25, 0.3) is 0 Å². The summed E-state index contributed by atoms with van der Waals surface area (Å²) in [6.07, 6.45) is 0.960. The van der Waals surface area contributed by atoms with Crippen LogP contribution in [0.1, 0.15) is 31.4 Å². The van der Waals surface area contributed by atoms with Crippen molar-refractivity contribution in [3.05, 3.63) is 66.0 Å². The monoisotopic (exact) mass is 390 g/mol. The average molecular weight is 390 g/mol. The molecule has 0 aliphatic carbocycles. The van der Waals surface area contributed by atoms with E-state index in [0.717, 1.165) is 5.56 Å². The van der Waals surface area contributed by atoms with Gasteiger partial charge in [0, 0.05) is 19.0 Å². The van der Waals surface area contributed by atoms with Gasteiger partial charge in [0.15, 0.2) is 0 Å². The van der Waals surface area contributed by atoms with E-state index >= 15 is 0 Å². The Bertz CT molecular complexity index is 877. The normalized spacial score (nSPS) is 17.4. The summed E-state index contributed by atoms with van der Waals surface area (Å²) in [5, 5.41) is 2.94. The third kappa shape index (κ3) is 4.54. The summed E-state index contributed by atoms with van der Waals surface area (Å²) in [5.41, 5.74) is 0.828. The first-order valence-electron chi connectivity index (χ1n) is 8.99. The van der Waals surface area contributed by atoms with Gasteiger partial charge in [0.2, 0.25) is 15.9 Å². The zero-order valence-electron chi connectivity index (χ0n) is 15.1. The molecule has 1 saturated heterocycles. The minimum absolute atomic E-state index is 0.0939. The van der Waals surface area contributed by atoms with E-state index in [1.165, 1.54) is 16.4 Å². The Kier molecular flexibility index (Phi) is 5.92. The van der Waals surface area contributed by atoms with Crippen LogP contribution in [0.5, 0.6) is 0 Å². The van der Waals surface area contributed by atoms with Gasteiger partial charge in [-0.15, -0.1) is 0 Å². The van der Waals surface area contributed by atoms with E-state index in [0.29, 0.717) is 25.9 Å². The fraction of sp³-hybridized carbons (Fsp3) is 0.350. The van der Waals surface area contributed by atoms with Crippen molar-refractivity contribution >= 4 is 15.9 Å². The van der Waals surface area contributed by atoms with Gasteiger partial charge in [0.1, 0.15) is 5.82 Å². The lowest BCUT2D eigenvalue weighted by atomic mass is 9.96. The van der Waals surface area contributed by atoms with Gasteiger partial charge in [-0.1, -0.05) is 30.3 Å². The molecule has 3 rings (SSSR count). The first-order chi connectivity index (χ1) is 12.9. The summed E-state index contributed by atoms with van der Waals surface area (Å²) in [4.78, 5) is 12.8. The van der Waals surface area contributed by atoms with Gasteiger partial charge in [-0.05, 0) is 49.6 Å². The Hall–Kier alpha value is -2.25. The molecule has 1 fully saturated rings. The molecule has 1 amide bonds. The van der Waals surface area contributed by atoms with Gasteiger partial charge in [-0.2, -0.15) is 4.31 Å². The molecule has 1 atom stereocenters. The summed E-state index contributed by atoms with van der Waals surface area (Å²) in [7, 11) is -3.52. The second-order valence-corrected chi connectivity index (χ2v) is 8.71. The lowest BCUT2D eigenvalue weighted by Gasteiger charge is -2.31. The van der Waals surface area contributed by atoms with Gasteiger partial charge in [-0.3, -0.25) is 4.79 Å². The third-order valence-corrected chi connectivity index (χ3v) is 6.85. The van der Waals surface area contributed by atoms with Crippen LogP contribution in [0.2, 0.25) is 0 Å². The molecular formula is C20H23FN2O3S. The van der Waals surface area contributed by atoms with E-state index in [1.54, 1.807) is 42.5 Å². The minimum Gasteiger partial charge on any atom is -0.349 e. The third-order valence-electron chi connectivity index (χ3n) is 4.93. The molecule has 1 aliphatic rings. The van der Waals surface area contributed by atoms with Gasteiger partial charge in [0.05, 0.1) is 10.9 Å². The molecule has 2 aromatic rings. The van der Waals surface area contributed by atoms with Crippen molar-refractivity contribution in [2.75, 3.05) is 13.1 Å². The maximum atomic E-state index is 13.0. The van der Waals surface area contributed by atoms with Crippen LogP contribution in [-0.4, -0.2) is 31.7 Å². The summed E-state index contributed by atoms with van der Waals surface area (Å²) in [5.74, 6) is -0.636. The number of halogens is 1. The maximum absolute atomic E-state index is 13.0. The largest absolute Gasteiger partial charge is 0.349 e. The zero-order valence-corrected chi connectivity index (χ0v) is 16.0. The molecule has 1 heterocycles. The highest BCUT2D eigenvalue weighted by atomic mass is 32.2. The van der Waals surface area contributed by atoms with E-state index in [4.69, 9.17) is 0 Å². The minimum atomic E-state index is -3.52. The molecule has 5 nitrogen and oxygen atoms in total. The Morgan fingerprint density at radius 2 is 1.67 bits per heavy atom. The number of piperidine rings is 1. The summed E-state index contributed by atoms with van der Waals surface area (Å²) in [6, 6.07) is 14.1. The standard InChI is InChI=1S/C20H23FN2O3S/c1-15(16-7-9-18(21)10-8-16)22-20(24)17-11-13-23(14-12-17)27(25,26)19-5-3-2-4-6-19/h2-10,15,17H,11-14H2,1H3,(H,22,24). The Balaban J connectivity index is 1.57. The van der Waals surface area contributed by atoms with Crippen LogP contribution in [0.25, 0.3) is 0 Å². The Morgan fingerprint density at radius 1 is 1.07 bits per heavy atom. The highest BCUT2D eigenvalue weighted by Gasteiger charge is 2.32. The van der Waals surface area contributed by atoms with Crippen LogP contribution in [0, 0.1) is 11.7 Å². The highest BCUT2D eigenvalue weighted by molar-refractivity contribution is 7.89. The molecule has 27 heavy (non-hydrogen) atoms. The van der Waals surface area contributed by atoms with Crippen molar-refractivity contribution < 1.29 is 17.6 Å². The van der Waals surface area contributed by atoms with E-state index in [9.17, 15) is 17.6 Å². The predicted molar refractivity (Wildman–Crippen MR) is 101 cm³/mol. The molecule has 2 aromatic carbocycles. The first-order valence-corrected chi connectivity index (χ1v) is 10.4. The fourth-order valence-corrected chi connectivity index (χ4v) is 4.76. The smallest absolute Gasteiger partial charge is 0.243 e. The first kappa shape index (κ1) is 19.5. The van der Waals surface area contributed by atoms with Crippen molar-refractivity contribution in [2.45, 2.75) is 30.7 Å². The second-order valence-electron chi connectivity index (χ2n) is 6.77. The molecule has 7 heteroatoms. The van der Waals surface area contributed by atoms with Crippen LogP contribution >= 0.6 is 0 Å². The number of amides is 1. The van der Waals surface area contributed by atoms with Crippen LogP contribution < -0.4 is 5.32 Å². The van der Waals surface area contributed by atoms with Crippen LogP contribution in [0.4, 0.5) is 4.39 Å². The SMILES string of the molecule is CC(NC(=O)C1CCN(S(=O)(=O)c2ccccc2)CC1)c1ccc(F)cc1. The van der Waals surface area contributed by atoms with E-state index < -0.39 is 10.0 Å². The molecule has 0 radical (unpaired) electrons. The second kappa shape index (κ2) is 8.19. The van der Waals surface area contributed by atoms with E-state index in [2.05, 4.69) is 5.32 Å². The number of benzene rings is 2. The molecular weight excluding hydrogens is 367 g/mol. The number of carbonyl (C=O) groups is 1. The molecule has 144 valence electrons. The van der Waals surface area contributed by atoms with Gasteiger partial charge < -0.3 is 5.32 Å². The predicted octanol–water partition coefficient (Wildman–Crippen LogP) is 3.10. The molecule has 1 N–H and O–H groups in total. The van der Waals surface area contributed by atoms with Crippen molar-refractivity contribution in [3.63, 3.8) is 0 Å². The van der Waals surface area contributed by atoms with Crippen molar-refractivity contribution in [1.82, 2.24) is 9.62 Å². The molecule has 1 unspecified atom stereocenters. The fourth-order valence-electron chi connectivity index (χ4n) is 3.27. The van der Waals surface area contributed by atoms with Crippen LogP contribution in [0.3, 0.4) is 0 Å². The Labute approximate surface area is 159 Å². The summed E-state index contributed by atoms with van der Waals surface area (Å²) >= 11 is 0. The number of carbonyl (C=O) groups excluding carboxylic acids is 1. The lowest BCUT2D eigenvalue weighted by molar-refractivity contribution is -0.126. The number of nitrogens with zero attached hydrogens (tertiary/aromatic N) is 1. The quantitative estimate of drug-likeness (QED) is 0.853. The number of sulfonamides is 1. The van der Waals surface area contributed by atoms with Crippen molar-refractivity contribution in [1.29, 1.82) is 0 Å². The number of nitrogens with one attached hydrogen (secondary N) is 1. The maximum Gasteiger partial charge on any atom is 0.243 e. The zero-order chi connectivity index (χ0) is 19.4. The number of rotatable bonds is 5. The molecule has 0 saturated carbocycles. The highest BCUT2D eigenvalue weighted by Crippen LogP contribution is 2.24. The van der Waals surface area contributed by atoms with Gasteiger partial charge >= 0.3 is 0 Å². The number of hydrogen-bond acceptors (Lipinski definition) is 3. The topological polar surface area (TPSA) is 66.5 Å². The van der Waals surface area contributed by atoms with Crippen LogP contribution in [0.15, 0.2) is 59.5 Å². The molecule has 0 bridgehead atoms. The number of hydrogen-bond donors (Lipinski definition) is 1. The van der Waals surface area contributed by atoms with E-state index in [1.807, 2.05) is 6.92 Å². The molecule has 0 spiro atoms. The van der Waals surface area contributed by atoms with Crippen molar-refractivity contribution in [2.24, 2.45) is 5.92 Å². The summed E-state index contributed by atoms with van der Waals surface area (Å²) in [6.45, 7) is 2.49. The van der Waals surface area contributed by atoms with E-state index in [-0.39, 0.29) is 28.6 Å². The molecule has 1 aliphatic heterocycles. The lowest BCUT2D eigenvalue weighted by Crippen LogP contribution is -2.43. The van der Waals surface area contributed by atoms with Crippen LogP contribution in [-0.2, 0) is 14.8 Å². The summed E-state index contributed by atoms with van der Waals surface area (Å²) < 4.78 is 39.8. The van der Waals surface area contributed by atoms with Gasteiger partial charge in [-0.25, -0.2) is 12.8 Å². The average Bonchev–Trinajstić information content (AvgIpc) is 2.69. The molecule has 0 aromatic heterocycles.